The molecular weight excluding hydrogens is 292 g/mol. The van der Waals surface area contributed by atoms with Crippen LogP contribution in [0.4, 0.5) is 5.69 Å². The van der Waals surface area contributed by atoms with E-state index in [2.05, 4.69) is 25.8 Å². The molecule has 3 rings (SSSR count). The summed E-state index contributed by atoms with van der Waals surface area (Å²) in [5.41, 5.74) is 1.59. The number of nitrogens with one attached hydrogen (secondary N) is 1. The number of hydrogen-bond donors (Lipinski definition) is 1. The van der Waals surface area contributed by atoms with Crippen molar-refractivity contribution in [1.82, 2.24) is 25.2 Å². The molecule has 1 aromatic carbocycles. The maximum absolute atomic E-state index is 12.1. The Hall–Kier alpha value is -2.80. The minimum Gasteiger partial charge on any atom is -0.321 e. The number of halogens is 1. The summed E-state index contributed by atoms with van der Waals surface area (Å²) in [6.45, 7) is 0. The third-order valence-electron chi connectivity index (χ3n) is 2.67. The number of anilines is 1. The first-order valence-corrected chi connectivity index (χ1v) is 6.37. The number of pyridine rings is 1. The highest BCUT2D eigenvalue weighted by Crippen LogP contribution is 2.14. The molecule has 0 spiro atoms. The quantitative estimate of drug-likeness (QED) is 0.747. The van der Waals surface area contributed by atoms with E-state index < -0.39 is 0 Å². The molecule has 0 atom stereocenters. The molecule has 0 saturated carbocycles. The lowest BCUT2D eigenvalue weighted by Gasteiger charge is -2.06. The van der Waals surface area contributed by atoms with Gasteiger partial charge in [-0.05, 0) is 40.8 Å². The van der Waals surface area contributed by atoms with Gasteiger partial charge in [0.15, 0.2) is 0 Å². The minimum atomic E-state index is -0.341. The Kier molecular flexibility index (Phi) is 3.57. The highest BCUT2D eigenvalue weighted by atomic mass is 35.5. The smallest absolute Gasteiger partial charge is 0.274 e. The molecule has 0 radical (unpaired) electrons. The second-order valence-corrected chi connectivity index (χ2v) is 4.49. The van der Waals surface area contributed by atoms with Crippen molar-refractivity contribution in [3.8, 4) is 5.69 Å². The number of benzene rings is 1. The zero-order valence-corrected chi connectivity index (χ0v) is 11.4. The molecule has 0 saturated heterocycles. The van der Waals surface area contributed by atoms with Gasteiger partial charge in [0.2, 0.25) is 0 Å². The summed E-state index contributed by atoms with van der Waals surface area (Å²) >= 11 is 5.77. The fraction of sp³-hybridized carbons (Fsp3) is 0. The summed E-state index contributed by atoms with van der Waals surface area (Å²) in [5, 5.41) is 13.9. The van der Waals surface area contributed by atoms with Crippen molar-refractivity contribution in [2.75, 3.05) is 5.32 Å². The number of tetrazole rings is 1. The summed E-state index contributed by atoms with van der Waals surface area (Å²) in [4.78, 5) is 16.0. The van der Waals surface area contributed by atoms with Crippen LogP contribution in [0.25, 0.3) is 5.69 Å². The van der Waals surface area contributed by atoms with Gasteiger partial charge < -0.3 is 5.32 Å². The van der Waals surface area contributed by atoms with Crippen LogP contribution in [0.15, 0.2) is 48.8 Å². The molecule has 0 unspecified atom stereocenters. The predicted molar refractivity (Wildman–Crippen MR) is 76.4 cm³/mol. The van der Waals surface area contributed by atoms with Crippen molar-refractivity contribution in [1.29, 1.82) is 0 Å². The van der Waals surface area contributed by atoms with E-state index in [1.165, 1.54) is 11.0 Å². The van der Waals surface area contributed by atoms with E-state index in [4.69, 9.17) is 11.6 Å². The minimum absolute atomic E-state index is 0.246. The van der Waals surface area contributed by atoms with Crippen LogP contribution < -0.4 is 5.32 Å². The van der Waals surface area contributed by atoms with Gasteiger partial charge in [0.05, 0.1) is 5.69 Å². The molecule has 2 aromatic heterocycles. The second kappa shape index (κ2) is 5.68. The van der Waals surface area contributed by atoms with Crippen LogP contribution in [0.2, 0.25) is 5.15 Å². The molecule has 8 heteroatoms. The number of hydrogen-bond acceptors (Lipinski definition) is 5. The zero-order valence-electron chi connectivity index (χ0n) is 10.6. The Balaban J connectivity index is 1.82. The molecule has 7 nitrogen and oxygen atoms in total. The Bertz CT molecular complexity index is 774. The molecule has 0 fully saturated rings. The van der Waals surface area contributed by atoms with Crippen molar-refractivity contribution >= 4 is 23.2 Å². The number of nitrogens with zero attached hydrogens (tertiary/aromatic N) is 5. The summed E-state index contributed by atoms with van der Waals surface area (Å²) in [6.07, 6.45) is 1.47. The van der Waals surface area contributed by atoms with E-state index in [-0.39, 0.29) is 16.8 Å². The van der Waals surface area contributed by atoms with Crippen molar-refractivity contribution in [3.63, 3.8) is 0 Å². The van der Waals surface area contributed by atoms with E-state index >= 15 is 0 Å². The van der Waals surface area contributed by atoms with E-state index in [1.54, 1.807) is 36.4 Å². The van der Waals surface area contributed by atoms with Crippen LogP contribution in [0.5, 0.6) is 0 Å². The van der Waals surface area contributed by atoms with E-state index in [0.717, 1.165) is 5.69 Å². The van der Waals surface area contributed by atoms with Crippen LogP contribution in [0, 0.1) is 0 Å². The zero-order chi connectivity index (χ0) is 14.7. The third kappa shape index (κ3) is 3.03. The molecule has 21 heavy (non-hydrogen) atoms. The van der Waals surface area contributed by atoms with Gasteiger partial charge in [-0.2, -0.15) is 0 Å². The maximum atomic E-state index is 12.1. The lowest BCUT2D eigenvalue weighted by atomic mass is 10.2. The van der Waals surface area contributed by atoms with Gasteiger partial charge in [0, 0.05) is 5.69 Å². The van der Waals surface area contributed by atoms with Gasteiger partial charge in [-0.3, -0.25) is 4.79 Å². The lowest BCUT2D eigenvalue weighted by Crippen LogP contribution is -2.13. The first-order valence-electron chi connectivity index (χ1n) is 6.00. The Morgan fingerprint density at radius 1 is 1.19 bits per heavy atom. The molecule has 0 aliphatic rings. The number of aromatic nitrogens is 5. The second-order valence-electron chi connectivity index (χ2n) is 4.10. The van der Waals surface area contributed by atoms with Crippen LogP contribution >= 0.6 is 11.6 Å². The molecule has 1 amide bonds. The van der Waals surface area contributed by atoms with Crippen LogP contribution in [-0.2, 0) is 0 Å². The van der Waals surface area contributed by atoms with Crippen molar-refractivity contribution in [3.05, 3.63) is 59.6 Å². The SMILES string of the molecule is O=C(Nc1cccc(-n2cnnn2)c1)c1cccc(Cl)n1. The van der Waals surface area contributed by atoms with Crippen molar-refractivity contribution < 1.29 is 4.79 Å². The molecule has 0 bridgehead atoms. The molecule has 2 heterocycles. The van der Waals surface area contributed by atoms with Gasteiger partial charge in [0.1, 0.15) is 17.2 Å². The first-order chi connectivity index (χ1) is 10.2. The highest BCUT2D eigenvalue weighted by molar-refractivity contribution is 6.29. The van der Waals surface area contributed by atoms with Crippen molar-refractivity contribution in [2.24, 2.45) is 0 Å². The molecule has 0 aliphatic heterocycles. The van der Waals surface area contributed by atoms with Gasteiger partial charge in [-0.1, -0.05) is 23.7 Å². The molecule has 1 N–H and O–H groups in total. The summed E-state index contributed by atoms with van der Waals surface area (Å²) in [7, 11) is 0. The van der Waals surface area contributed by atoms with E-state index in [0.29, 0.717) is 5.69 Å². The van der Waals surface area contributed by atoms with Gasteiger partial charge in [-0.15, -0.1) is 5.10 Å². The largest absolute Gasteiger partial charge is 0.321 e. The molecule has 3 aromatic rings. The number of amides is 1. The van der Waals surface area contributed by atoms with E-state index in [1.807, 2.05) is 6.07 Å². The number of carbonyl (C=O) groups is 1. The topological polar surface area (TPSA) is 85.6 Å². The molecule has 104 valence electrons. The lowest BCUT2D eigenvalue weighted by molar-refractivity contribution is 0.102. The van der Waals surface area contributed by atoms with Crippen molar-refractivity contribution in [2.45, 2.75) is 0 Å². The fourth-order valence-corrected chi connectivity index (χ4v) is 1.90. The first kappa shape index (κ1) is 13.2. The van der Waals surface area contributed by atoms with Gasteiger partial charge in [0.25, 0.3) is 5.91 Å². The summed E-state index contributed by atoms with van der Waals surface area (Å²) in [6, 6.07) is 12.0. The summed E-state index contributed by atoms with van der Waals surface area (Å²) < 4.78 is 1.49. The number of carbonyl (C=O) groups excluding carboxylic acids is 1. The van der Waals surface area contributed by atoms with Crippen LogP contribution in [-0.4, -0.2) is 31.1 Å². The van der Waals surface area contributed by atoms with Gasteiger partial charge >= 0.3 is 0 Å². The van der Waals surface area contributed by atoms with Gasteiger partial charge in [-0.25, -0.2) is 9.67 Å². The predicted octanol–water partition coefficient (Wildman–Crippen LogP) is 1.96. The Labute approximate surface area is 124 Å². The Morgan fingerprint density at radius 3 is 2.81 bits per heavy atom. The standard InChI is InChI=1S/C13H9ClN6O/c14-12-6-2-5-11(17-12)13(21)16-9-3-1-4-10(7-9)20-8-15-18-19-20/h1-8H,(H,16,21). The average Bonchev–Trinajstić information content (AvgIpc) is 3.02. The van der Waals surface area contributed by atoms with Crippen LogP contribution in [0.1, 0.15) is 10.5 Å². The molecule has 0 aliphatic carbocycles. The highest BCUT2D eigenvalue weighted by Gasteiger charge is 2.08. The third-order valence-corrected chi connectivity index (χ3v) is 2.88. The molecular formula is C13H9ClN6O. The summed E-state index contributed by atoms with van der Waals surface area (Å²) in [5.74, 6) is -0.341. The van der Waals surface area contributed by atoms with E-state index in [9.17, 15) is 4.79 Å². The monoisotopic (exact) mass is 300 g/mol. The Morgan fingerprint density at radius 2 is 2.05 bits per heavy atom. The number of rotatable bonds is 3. The fourth-order valence-electron chi connectivity index (χ4n) is 1.74. The average molecular weight is 301 g/mol. The normalized spacial score (nSPS) is 10.3. The maximum Gasteiger partial charge on any atom is 0.274 e. The van der Waals surface area contributed by atoms with Crippen LogP contribution in [0.3, 0.4) is 0 Å².